The van der Waals surface area contributed by atoms with Crippen LogP contribution in [-0.2, 0) is 4.79 Å². The van der Waals surface area contributed by atoms with Crippen molar-refractivity contribution in [1.29, 1.82) is 0 Å². The van der Waals surface area contributed by atoms with Crippen molar-refractivity contribution in [1.82, 2.24) is 4.90 Å². The molecule has 2 N–H and O–H groups in total. The number of piperidine rings is 1. The van der Waals surface area contributed by atoms with Crippen LogP contribution in [0, 0.1) is 0 Å². The molecule has 0 aromatic rings. The molecule has 1 saturated heterocycles. The maximum Gasteiger partial charge on any atom is 0.222 e. The molecular formula is C8H16N2O. The molecule has 1 aliphatic rings. The van der Waals surface area contributed by atoms with Crippen LogP contribution in [0.25, 0.3) is 0 Å². The van der Waals surface area contributed by atoms with Gasteiger partial charge in [0, 0.05) is 25.6 Å². The molecule has 1 rings (SSSR count). The first-order valence-corrected chi connectivity index (χ1v) is 4.23. The Morgan fingerprint density at radius 2 is 2.36 bits per heavy atom. The molecule has 0 radical (unpaired) electrons. The normalized spacial score (nSPS) is 22.0. The van der Waals surface area contributed by atoms with Crippen molar-refractivity contribution in [2.24, 2.45) is 5.73 Å². The lowest BCUT2D eigenvalue weighted by Crippen LogP contribution is -2.42. The van der Waals surface area contributed by atoms with Gasteiger partial charge in [-0.3, -0.25) is 4.79 Å². The van der Waals surface area contributed by atoms with E-state index in [-0.39, 0.29) is 11.9 Å². The van der Waals surface area contributed by atoms with Gasteiger partial charge in [-0.05, 0) is 19.8 Å². The lowest BCUT2D eigenvalue weighted by atomic mass is 10.1. The molecule has 1 aliphatic heterocycles. The molecular weight excluding hydrogens is 140 g/mol. The molecule has 11 heavy (non-hydrogen) atoms. The van der Waals surface area contributed by atoms with E-state index in [1.807, 2.05) is 11.8 Å². The number of carbonyl (C=O) groups excluding carboxylic acids is 1. The second kappa shape index (κ2) is 3.72. The van der Waals surface area contributed by atoms with Gasteiger partial charge >= 0.3 is 0 Å². The molecule has 0 saturated carbocycles. The Balaban J connectivity index is 2.36. The molecule has 3 nitrogen and oxygen atoms in total. The highest BCUT2D eigenvalue weighted by Crippen LogP contribution is 2.09. The summed E-state index contributed by atoms with van der Waals surface area (Å²) in [7, 11) is 0. The highest BCUT2D eigenvalue weighted by molar-refractivity contribution is 5.76. The lowest BCUT2D eigenvalue weighted by molar-refractivity contribution is -0.133. The molecule has 64 valence electrons. The summed E-state index contributed by atoms with van der Waals surface area (Å²) in [5.74, 6) is 0.272. The van der Waals surface area contributed by atoms with E-state index in [0.29, 0.717) is 6.42 Å². The number of rotatable bonds is 2. The Hall–Kier alpha value is -0.570. The number of nitrogens with two attached hydrogens (primary N) is 1. The number of carbonyl (C=O) groups is 1. The monoisotopic (exact) mass is 156 g/mol. The second-order valence-electron chi connectivity index (χ2n) is 3.27. The zero-order valence-electron chi connectivity index (χ0n) is 7.05. The fraction of sp³-hybridized carbons (Fsp3) is 0.875. The third-order valence-corrected chi connectivity index (χ3v) is 1.93. The lowest BCUT2D eigenvalue weighted by Gasteiger charge is -2.27. The van der Waals surface area contributed by atoms with Crippen molar-refractivity contribution in [3.8, 4) is 0 Å². The number of nitrogens with zero attached hydrogens (tertiary/aromatic N) is 1. The van der Waals surface area contributed by atoms with E-state index in [2.05, 4.69) is 0 Å². The molecule has 1 fully saturated rings. The Bertz CT molecular complexity index is 145. The number of hydrogen-bond acceptors (Lipinski definition) is 2. The summed E-state index contributed by atoms with van der Waals surface area (Å²) in [6.45, 7) is 3.56. The molecule has 1 heterocycles. The average molecular weight is 156 g/mol. The van der Waals surface area contributed by atoms with Crippen LogP contribution in [0.5, 0.6) is 0 Å². The first-order chi connectivity index (χ1) is 5.20. The number of likely N-dealkylation sites (tertiary alicyclic amines) is 1. The van der Waals surface area contributed by atoms with Crippen molar-refractivity contribution in [2.75, 3.05) is 13.1 Å². The standard InChI is InChI=1S/C8H16N2O/c1-7(9)6-10-5-3-2-4-8(10)11/h7H,2-6,9H2,1H3/t7-/m1/s1. The summed E-state index contributed by atoms with van der Waals surface area (Å²) in [6, 6.07) is 0.108. The Morgan fingerprint density at radius 3 is 2.91 bits per heavy atom. The predicted octanol–water partition coefficient (Wildman–Crippen LogP) is 0.346. The van der Waals surface area contributed by atoms with Crippen LogP contribution >= 0.6 is 0 Å². The van der Waals surface area contributed by atoms with Crippen LogP contribution in [0.4, 0.5) is 0 Å². The van der Waals surface area contributed by atoms with E-state index >= 15 is 0 Å². The van der Waals surface area contributed by atoms with Crippen molar-refractivity contribution >= 4 is 5.91 Å². The summed E-state index contributed by atoms with van der Waals surface area (Å²) in [4.78, 5) is 13.1. The third-order valence-electron chi connectivity index (χ3n) is 1.93. The van der Waals surface area contributed by atoms with Gasteiger partial charge in [-0.25, -0.2) is 0 Å². The van der Waals surface area contributed by atoms with Crippen molar-refractivity contribution in [2.45, 2.75) is 32.2 Å². The topological polar surface area (TPSA) is 46.3 Å². The maximum absolute atomic E-state index is 11.2. The molecule has 0 aromatic carbocycles. The summed E-state index contributed by atoms with van der Waals surface area (Å²) in [5.41, 5.74) is 5.59. The van der Waals surface area contributed by atoms with Crippen LogP contribution in [-0.4, -0.2) is 29.9 Å². The summed E-state index contributed by atoms with van der Waals surface area (Å²) in [5, 5.41) is 0. The van der Waals surface area contributed by atoms with Crippen LogP contribution in [0.1, 0.15) is 26.2 Å². The molecule has 0 bridgehead atoms. The minimum atomic E-state index is 0.108. The van der Waals surface area contributed by atoms with E-state index in [1.54, 1.807) is 0 Å². The largest absolute Gasteiger partial charge is 0.341 e. The van der Waals surface area contributed by atoms with Gasteiger partial charge in [-0.1, -0.05) is 0 Å². The van der Waals surface area contributed by atoms with Gasteiger partial charge < -0.3 is 10.6 Å². The zero-order chi connectivity index (χ0) is 8.27. The smallest absolute Gasteiger partial charge is 0.222 e. The molecule has 1 amide bonds. The number of amides is 1. The van der Waals surface area contributed by atoms with Gasteiger partial charge in [0.05, 0.1) is 0 Å². The fourth-order valence-electron chi connectivity index (χ4n) is 1.40. The van der Waals surface area contributed by atoms with Gasteiger partial charge in [0.1, 0.15) is 0 Å². The quantitative estimate of drug-likeness (QED) is 0.627. The third kappa shape index (κ3) is 2.50. The van der Waals surface area contributed by atoms with E-state index in [0.717, 1.165) is 25.9 Å². The number of hydrogen-bond donors (Lipinski definition) is 1. The molecule has 1 atom stereocenters. The minimum Gasteiger partial charge on any atom is -0.341 e. The van der Waals surface area contributed by atoms with Gasteiger partial charge in [0.2, 0.25) is 5.91 Å². The summed E-state index contributed by atoms with van der Waals surface area (Å²) < 4.78 is 0. The van der Waals surface area contributed by atoms with Gasteiger partial charge in [-0.15, -0.1) is 0 Å². The van der Waals surface area contributed by atoms with E-state index in [1.165, 1.54) is 0 Å². The van der Waals surface area contributed by atoms with E-state index in [4.69, 9.17) is 5.73 Å². The Morgan fingerprint density at radius 1 is 1.64 bits per heavy atom. The minimum absolute atomic E-state index is 0.108. The van der Waals surface area contributed by atoms with Crippen LogP contribution in [0.2, 0.25) is 0 Å². The van der Waals surface area contributed by atoms with Crippen molar-refractivity contribution in [3.05, 3.63) is 0 Å². The van der Waals surface area contributed by atoms with E-state index < -0.39 is 0 Å². The van der Waals surface area contributed by atoms with Crippen LogP contribution < -0.4 is 5.73 Å². The highest BCUT2D eigenvalue weighted by Gasteiger charge is 2.18. The molecule has 0 spiro atoms. The Labute approximate surface area is 67.5 Å². The molecule has 0 aliphatic carbocycles. The van der Waals surface area contributed by atoms with Crippen molar-refractivity contribution < 1.29 is 4.79 Å². The molecule has 0 unspecified atom stereocenters. The maximum atomic E-state index is 11.2. The first kappa shape index (κ1) is 8.53. The van der Waals surface area contributed by atoms with Crippen molar-refractivity contribution in [3.63, 3.8) is 0 Å². The summed E-state index contributed by atoms with van der Waals surface area (Å²) >= 11 is 0. The fourth-order valence-corrected chi connectivity index (χ4v) is 1.40. The van der Waals surface area contributed by atoms with Gasteiger partial charge in [-0.2, -0.15) is 0 Å². The zero-order valence-corrected chi connectivity index (χ0v) is 7.05. The molecule has 3 heteroatoms. The predicted molar refractivity (Wildman–Crippen MR) is 44.1 cm³/mol. The highest BCUT2D eigenvalue weighted by atomic mass is 16.2. The van der Waals surface area contributed by atoms with Gasteiger partial charge in [0.25, 0.3) is 0 Å². The molecule has 0 aromatic heterocycles. The first-order valence-electron chi connectivity index (χ1n) is 4.23. The second-order valence-corrected chi connectivity index (χ2v) is 3.27. The van der Waals surface area contributed by atoms with Crippen LogP contribution in [0.3, 0.4) is 0 Å². The van der Waals surface area contributed by atoms with Gasteiger partial charge in [0.15, 0.2) is 0 Å². The average Bonchev–Trinajstić information content (AvgIpc) is 1.93. The van der Waals surface area contributed by atoms with E-state index in [9.17, 15) is 4.79 Å². The van der Waals surface area contributed by atoms with Crippen LogP contribution in [0.15, 0.2) is 0 Å². The summed E-state index contributed by atoms with van der Waals surface area (Å²) in [6.07, 6.45) is 2.90. The SMILES string of the molecule is C[C@@H](N)CN1CCCCC1=O. The Kier molecular flexibility index (Phi) is 2.88.